The number of aliphatic carboxylic acids is 1. The van der Waals surface area contributed by atoms with Gasteiger partial charge in [0.15, 0.2) is 0 Å². The molecule has 0 unspecified atom stereocenters. The van der Waals surface area contributed by atoms with E-state index < -0.39 is 5.97 Å². The van der Waals surface area contributed by atoms with Crippen LogP contribution >= 0.6 is 0 Å². The molecule has 2 atom stereocenters. The summed E-state index contributed by atoms with van der Waals surface area (Å²) < 4.78 is 5.44. The fourth-order valence-corrected chi connectivity index (χ4v) is 1.02. The third kappa shape index (κ3) is 2.50. The Hall–Kier alpha value is -0.570. The molecule has 0 aliphatic heterocycles. The van der Waals surface area contributed by atoms with Crippen molar-refractivity contribution in [1.29, 1.82) is 0 Å². The minimum atomic E-state index is -0.737. The van der Waals surface area contributed by atoms with Gasteiger partial charge in [-0.1, -0.05) is 0 Å². The van der Waals surface area contributed by atoms with Gasteiger partial charge in [0.05, 0.1) is 17.6 Å². The Labute approximate surface area is 66.4 Å². The predicted octanol–water partition coefficient (Wildman–Crippen LogP) is 1.27. The van der Waals surface area contributed by atoms with E-state index >= 15 is 0 Å². The van der Waals surface area contributed by atoms with Gasteiger partial charge in [-0.25, -0.2) is 0 Å². The normalized spacial score (nSPS) is 30.1. The molecule has 1 rings (SSSR count). The third-order valence-corrected chi connectivity index (χ3v) is 1.55. The third-order valence-electron chi connectivity index (χ3n) is 1.55. The van der Waals surface area contributed by atoms with Crippen LogP contribution < -0.4 is 0 Å². The van der Waals surface area contributed by atoms with Crippen molar-refractivity contribution in [2.75, 3.05) is 0 Å². The van der Waals surface area contributed by atoms with E-state index in [4.69, 9.17) is 9.84 Å². The van der Waals surface area contributed by atoms with Crippen molar-refractivity contribution in [2.45, 2.75) is 38.9 Å². The van der Waals surface area contributed by atoms with Gasteiger partial charge in [-0.15, -0.1) is 0 Å². The second-order valence-electron chi connectivity index (χ2n) is 3.95. The van der Waals surface area contributed by atoms with Crippen molar-refractivity contribution in [1.82, 2.24) is 0 Å². The van der Waals surface area contributed by atoms with Crippen LogP contribution in [0.25, 0.3) is 0 Å². The molecule has 1 aliphatic rings. The summed E-state index contributed by atoms with van der Waals surface area (Å²) >= 11 is 0. The van der Waals surface area contributed by atoms with Gasteiger partial charge >= 0.3 is 5.97 Å². The van der Waals surface area contributed by atoms with E-state index in [2.05, 4.69) is 0 Å². The van der Waals surface area contributed by atoms with Crippen molar-refractivity contribution < 1.29 is 14.6 Å². The Balaban J connectivity index is 2.29. The summed E-state index contributed by atoms with van der Waals surface area (Å²) in [6, 6.07) is 0. The summed E-state index contributed by atoms with van der Waals surface area (Å²) in [5, 5.41) is 8.54. The summed E-state index contributed by atoms with van der Waals surface area (Å²) in [7, 11) is 0. The molecule has 3 heteroatoms. The number of carboxylic acids is 1. The van der Waals surface area contributed by atoms with Crippen LogP contribution in [0, 0.1) is 5.92 Å². The average Bonchev–Trinajstić information content (AvgIpc) is 2.40. The molecule has 11 heavy (non-hydrogen) atoms. The van der Waals surface area contributed by atoms with Gasteiger partial charge in [0.25, 0.3) is 0 Å². The largest absolute Gasteiger partial charge is 0.481 e. The molecule has 0 aromatic rings. The monoisotopic (exact) mass is 158 g/mol. The average molecular weight is 158 g/mol. The smallest absolute Gasteiger partial charge is 0.309 e. The van der Waals surface area contributed by atoms with Crippen molar-refractivity contribution in [3.05, 3.63) is 0 Å². The van der Waals surface area contributed by atoms with E-state index in [0.717, 1.165) is 0 Å². The van der Waals surface area contributed by atoms with Gasteiger partial charge in [-0.3, -0.25) is 4.79 Å². The first-order valence-corrected chi connectivity index (χ1v) is 3.81. The van der Waals surface area contributed by atoms with Crippen LogP contribution in [0.4, 0.5) is 0 Å². The summed E-state index contributed by atoms with van der Waals surface area (Å²) in [4.78, 5) is 10.4. The van der Waals surface area contributed by atoms with E-state index in [9.17, 15) is 4.79 Å². The maximum atomic E-state index is 10.4. The Morgan fingerprint density at radius 2 is 2.09 bits per heavy atom. The topological polar surface area (TPSA) is 46.5 Å². The lowest BCUT2D eigenvalue weighted by Crippen LogP contribution is -2.22. The van der Waals surface area contributed by atoms with E-state index in [1.807, 2.05) is 20.8 Å². The zero-order valence-corrected chi connectivity index (χ0v) is 7.13. The highest BCUT2D eigenvalue weighted by Gasteiger charge is 2.46. The molecule has 0 aromatic heterocycles. The summed E-state index contributed by atoms with van der Waals surface area (Å²) in [5.74, 6) is -0.992. The van der Waals surface area contributed by atoms with Crippen LogP contribution in [0.3, 0.4) is 0 Å². The van der Waals surface area contributed by atoms with E-state index in [1.165, 1.54) is 0 Å². The highest BCUT2D eigenvalue weighted by atomic mass is 16.5. The van der Waals surface area contributed by atoms with Crippen LogP contribution in [0.5, 0.6) is 0 Å². The lowest BCUT2D eigenvalue weighted by atomic mass is 10.2. The molecule has 0 spiro atoms. The summed E-state index contributed by atoms with van der Waals surface area (Å²) in [6.07, 6.45) is 0.625. The first kappa shape index (κ1) is 8.53. The van der Waals surface area contributed by atoms with Gasteiger partial charge in [0, 0.05) is 0 Å². The quantitative estimate of drug-likeness (QED) is 0.658. The molecule has 64 valence electrons. The molecule has 0 saturated heterocycles. The fraction of sp³-hybridized carbons (Fsp3) is 0.875. The molecule has 3 nitrogen and oxygen atoms in total. The number of ether oxygens (including phenoxy) is 1. The van der Waals surface area contributed by atoms with Crippen molar-refractivity contribution in [2.24, 2.45) is 5.92 Å². The SMILES string of the molecule is CC(C)(C)O[C@H]1C[C@@H]1C(=O)O. The Morgan fingerprint density at radius 1 is 1.55 bits per heavy atom. The predicted molar refractivity (Wildman–Crippen MR) is 40.4 cm³/mol. The maximum Gasteiger partial charge on any atom is 0.309 e. The standard InChI is InChI=1S/C8H14O3/c1-8(2,3)11-6-4-5(6)7(9)10/h5-6H,4H2,1-3H3,(H,9,10)/t5-,6-/m0/s1. The Morgan fingerprint density at radius 3 is 2.36 bits per heavy atom. The van der Waals surface area contributed by atoms with E-state index in [-0.39, 0.29) is 17.6 Å². The minimum absolute atomic E-state index is 0.0486. The second kappa shape index (κ2) is 2.48. The van der Waals surface area contributed by atoms with Crippen LogP contribution in [0.2, 0.25) is 0 Å². The number of hydrogen-bond acceptors (Lipinski definition) is 2. The van der Waals surface area contributed by atoms with Crippen molar-refractivity contribution >= 4 is 5.97 Å². The van der Waals surface area contributed by atoms with Crippen LogP contribution in [0.1, 0.15) is 27.2 Å². The Kier molecular flexibility index (Phi) is 1.92. The van der Waals surface area contributed by atoms with Gasteiger partial charge in [0.1, 0.15) is 0 Å². The fourth-order valence-electron chi connectivity index (χ4n) is 1.02. The van der Waals surface area contributed by atoms with E-state index in [0.29, 0.717) is 6.42 Å². The summed E-state index contributed by atoms with van der Waals surface area (Å²) in [5.41, 5.74) is -0.213. The maximum absolute atomic E-state index is 10.4. The van der Waals surface area contributed by atoms with Gasteiger partial charge in [0.2, 0.25) is 0 Å². The first-order chi connectivity index (χ1) is 4.90. The van der Waals surface area contributed by atoms with Crippen molar-refractivity contribution in [3.8, 4) is 0 Å². The van der Waals surface area contributed by atoms with Crippen molar-refractivity contribution in [3.63, 3.8) is 0 Å². The Bertz CT molecular complexity index is 169. The highest BCUT2D eigenvalue weighted by molar-refractivity contribution is 5.74. The van der Waals surface area contributed by atoms with Gasteiger partial charge in [-0.2, -0.15) is 0 Å². The molecule has 0 bridgehead atoms. The molecule has 0 aromatic carbocycles. The molecule has 1 saturated carbocycles. The van der Waals surface area contributed by atoms with Gasteiger partial charge < -0.3 is 9.84 Å². The molecule has 0 amide bonds. The molecule has 0 heterocycles. The van der Waals surface area contributed by atoms with E-state index in [1.54, 1.807) is 0 Å². The number of rotatable bonds is 2. The number of carboxylic acid groups (broad SMARTS) is 1. The molecule has 0 radical (unpaired) electrons. The molecule has 1 aliphatic carbocycles. The lowest BCUT2D eigenvalue weighted by molar-refractivity contribution is -0.140. The minimum Gasteiger partial charge on any atom is -0.481 e. The van der Waals surface area contributed by atoms with Crippen LogP contribution in [-0.2, 0) is 9.53 Å². The molecule has 1 N–H and O–H groups in total. The van der Waals surface area contributed by atoms with Crippen LogP contribution in [-0.4, -0.2) is 22.8 Å². The first-order valence-electron chi connectivity index (χ1n) is 3.81. The lowest BCUT2D eigenvalue weighted by Gasteiger charge is -2.19. The highest BCUT2D eigenvalue weighted by Crippen LogP contribution is 2.36. The number of carbonyl (C=O) groups is 1. The molecular weight excluding hydrogens is 144 g/mol. The second-order valence-corrected chi connectivity index (χ2v) is 3.95. The zero-order valence-electron chi connectivity index (χ0n) is 7.13. The summed E-state index contributed by atoms with van der Waals surface area (Å²) in [6.45, 7) is 5.80. The molecular formula is C8H14O3. The van der Waals surface area contributed by atoms with Crippen LogP contribution in [0.15, 0.2) is 0 Å². The van der Waals surface area contributed by atoms with Gasteiger partial charge in [-0.05, 0) is 27.2 Å². The number of hydrogen-bond donors (Lipinski definition) is 1. The molecule has 1 fully saturated rings. The zero-order chi connectivity index (χ0) is 8.65.